The minimum absolute atomic E-state index is 0.215. The Labute approximate surface area is 201 Å². The lowest BCUT2D eigenvalue weighted by molar-refractivity contribution is 0.0202. The third-order valence-electron chi connectivity index (χ3n) is 6.20. The Hall–Kier alpha value is -2.87. The first-order chi connectivity index (χ1) is 16.5. The number of piperazine rings is 1. The summed E-state index contributed by atoms with van der Waals surface area (Å²) in [6.07, 6.45) is -0.0509. The topological polar surface area (TPSA) is 61.7 Å². The molecule has 1 N–H and O–H groups in total. The molecule has 6 nitrogen and oxygen atoms in total. The van der Waals surface area contributed by atoms with Crippen molar-refractivity contribution in [1.29, 1.82) is 0 Å². The smallest absolute Gasteiger partial charge is 0.161 e. The van der Waals surface area contributed by atoms with Gasteiger partial charge >= 0.3 is 0 Å². The SMILES string of the molecule is CCOC[C@H](O)CN1CCN(c2nc(-c3ccccc3)nc(C)c2Cc2ccccc2F)CC1. The van der Waals surface area contributed by atoms with Crippen LogP contribution in [0.2, 0.25) is 0 Å². The van der Waals surface area contributed by atoms with Gasteiger partial charge in [-0.2, -0.15) is 0 Å². The van der Waals surface area contributed by atoms with Crippen LogP contribution in [0.5, 0.6) is 0 Å². The van der Waals surface area contributed by atoms with E-state index in [2.05, 4.69) is 9.80 Å². The molecule has 1 aliphatic rings. The van der Waals surface area contributed by atoms with Crippen molar-refractivity contribution in [1.82, 2.24) is 14.9 Å². The van der Waals surface area contributed by atoms with E-state index in [0.717, 1.165) is 48.8 Å². The predicted molar refractivity (Wildman–Crippen MR) is 133 cm³/mol. The largest absolute Gasteiger partial charge is 0.389 e. The first-order valence-corrected chi connectivity index (χ1v) is 11.9. The molecule has 2 aromatic carbocycles. The number of halogens is 1. The van der Waals surface area contributed by atoms with Crippen molar-refractivity contribution in [2.75, 3.05) is 50.8 Å². The zero-order valence-corrected chi connectivity index (χ0v) is 20.0. The molecule has 0 aliphatic carbocycles. The molecular weight excluding hydrogens is 431 g/mol. The van der Waals surface area contributed by atoms with Crippen LogP contribution < -0.4 is 4.90 Å². The highest BCUT2D eigenvalue weighted by atomic mass is 19.1. The molecule has 3 aromatic rings. The molecule has 1 atom stereocenters. The second kappa shape index (κ2) is 11.5. The molecule has 0 unspecified atom stereocenters. The molecule has 0 saturated carbocycles. The number of rotatable bonds is 9. The molecule has 0 radical (unpaired) electrons. The Balaban J connectivity index is 1.59. The predicted octanol–water partition coefficient (Wildman–Crippen LogP) is 3.70. The van der Waals surface area contributed by atoms with Gasteiger partial charge in [-0.3, -0.25) is 4.90 Å². The number of aliphatic hydroxyl groups excluding tert-OH is 1. The molecule has 1 aliphatic heterocycles. The van der Waals surface area contributed by atoms with Gasteiger partial charge in [-0.05, 0) is 25.5 Å². The van der Waals surface area contributed by atoms with Crippen LogP contribution in [0.1, 0.15) is 23.7 Å². The van der Waals surface area contributed by atoms with E-state index in [4.69, 9.17) is 14.7 Å². The molecule has 180 valence electrons. The van der Waals surface area contributed by atoms with Crippen molar-refractivity contribution in [3.05, 3.63) is 77.2 Å². The Morgan fingerprint density at radius 1 is 1.00 bits per heavy atom. The van der Waals surface area contributed by atoms with Gasteiger partial charge in [-0.1, -0.05) is 48.5 Å². The first-order valence-electron chi connectivity index (χ1n) is 11.9. The maximum absolute atomic E-state index is 14.5. The fourth-order valence-corrected chi connectivity index (χ4v) is 4.34. The summed E-state index contributed by atoms with van der Waals surface area (Å²) in [5.41, 5.74) is 3.42. The van der Waals surface area contributed by atoms with Crippen LogP contribution in [0.4, 0.5) is 10.2 Å². The van der Waals surface area contributed by atoms with E-state index in [1.807, 2.05) is 56.3 Å². The summed E-state index contributed by atoms with van der Waals surface area (Å²) in [6, 6.07) is 16.8. The summed E-state index contributed by atoms with van der Waals surface area (Å²) in [6.45, 7) is 8.63. The molecule has 34 heavy (non-hydrogen) atoms. The van der Waals surface area contributed by atoms with Crippen molar-refractivity contribution in [3.63, 3.8) is 0 Å². The van der Waals surface area contributed by atoms with Crippen molar-refractivity contribution in [2.45, 2.75) is 26.4 Å². The fourth-order valence-electron chi connectivity index (χ4n) is 4.34. The van der Waals surface area contributed by atoms with Gasteiger partial charge in [0.25, 0.3) is 0 Å². The number of hydrogen-bond donors (Lipinski definition) is 1. The minimum atomic E-state index is -0.492. The Morgan fingerprint density at radius 3 is 2.41 bits per heavy atom. The molecule has 0 amide bonds. The van der Waals surface area contributed by atoms with Crippen molar-refractivity contribution >= 4 is 5.82 Å². The van der Waals surface area contributed by atoms with Gasteiger partial charge in [0.15, 0.2) is 5.82 Å². The van der Waals surface area contributed by atoms with Crippen LogP contribution in [-0.2, 0) is 11.2 Å². The summed E-state index contributed by atoms with van der Waals surface area (Å²) in [5.74, 6) is 1.33. The van der Waals surface area contributed by atoms with Crippen molar-refractivity contribution in [2.24, 2.45) is 0 Å². The van der Waals surface area contributed by atoms with E-state index >= 15 is 0 Å². The summed E-state index contributed by atoms with van der Waals surface area (Å²) >= 11 is 0. The van der Waals surface area contributed by atoms with Gasteiger partial charge in [-0.25, -0.2) is 14.4 Å². The first kappa shape index (κ1) is 24.3. The summed E-state index contributed by atoms with van der Waals surface area (Å²) < 4.78 is 19.8. The van der Waals surface area contributed by atoms with E-state index < -0.39 is 6.10 Å². The summed E-state index contributed by atoms with van der Waals surface area (Å²) in [5, 5.41) is 10.2. The second-order valence-corrected chi connectivity index (χ2v) is 8.67. The lowest BCUT2D eigenvalue weighted by Gasteiger charge is -2.37. The highest BCUT2D eigenvalue weighted by Crippen LogP contribution is 2.29. The zero-order chi connectivity index (χ0) is 23.9. The van der Waals surface area contributed by atoms with Crippen molar-refractivity contribution in [3.8, 4) is 11.4 Å². The van der Waals surface area contributed by atoms with Crippen LogP contribution in [0.25, 0.3) is 11.4 Å². The second-order valence-electron chi connectivity index (χ2n) is 8.67. The van der Waals surface area contributed by atoms with E-state index in [-0.39, 0.29) is 5.82 Å². The van der Waals surface area contributed by atoms with E-state index in [1.165, 1.54) is 6.07 Å². The third-order valence-corrected chi connectivity index (χ3v) is 6.20. The van der Waals surface area contributed by atoms with Crippen LogP contribution >= 0.6 is 0 Å². The molecule has 1 saturated heterocycles. The lowest BCUT2D eigenvalue weighted by atomic mass is 10.0. The number of ether oxygens (including phenoxy) is 1. The molecule has 4 rings (SSSR count). The third kappa shape index (κ3) is 5.97. The molecular formula is C27H33FN4O2. The standard InChI is InChI=1S/C27H33FN4O2/c1-3-34-19-23(33)18-31-13-15-32(16-14-31)27-24(17-22-11-7-8-12-25(22)28)20(2)29-26(30-27)21-9-5-4-6-10-21/h4-12,23,33H,3,13-19H2,1-2H3/t23-/m1/s1. The number of aryl methyl sites for hydroxylation is 1. The molecule has 0 bridgehead atoms. The number of anilines is 1. The summed E-state index contributed by atoms with van der Waals surface area (Å²) in [4.78, 5) is 14.3. The number of benzene rings is 2. The van der Waals surface area contributed by atoms with Crippen LogP contribution in [0.15, 0.2) is 54.6 Å². The van der Waals surface area contributed by atoms with E-state index in [0.29, 0.717) is 37.6 Å². The average molecular weight is 465 g/mol. The van der Waals surface area contributed by atoms with Gasteiger partial charge in [-0.15, -0.1) is 0 Å². The normalized spacial score (nSPS) is 15.5. The van der Waals surface area contributed by atoms with Crippen molar-refractivity contribution < 1.29 is 14.2 Å². The highest BCUT2D eigenvalue weighted by Gasteiger charge is 2.24. The van der Waals surface area contributed by atoms with Crippen LogP contribution in [0, 0.1) is 12.7 Å². The number of aliphatic hydroxyl groups is 1. The van der Waals surface area contributed by atoms with Crippen LogP contribution in [-0.4, -0.2) is 72.0 Å². The monoisotopic (exact) mass is 464 g/mol. The average Bonchev–Trinajstić information content (AvgIpc) is 2.86. The summed E-state index contributed by atoms with van der Waals surface area (Å²) in [7, 11) is 0. The van der Waals surface area contributed by atoms with Gasteiger partial charge in [0.1, 0.15) is 11.6 Å². The lowest BCUT2D eigenvalue weighted by Crippen LogP contribution is -2.49. The number of aromatic nitrogens is 2. The van der Waals surface area contributed by atoms with Gasteiger partial charge < -0.3 is 14.7 Å². The fraction of sp³-hybridized carbons (Fsp3) is 0.407. The quantitative estimate of drug-likeness (QED) is 0.521. The number of nitrogens with zero attached hydrogens (tertiary/aromatic N) is 4. The molecule has 0 spiro atoms. The molecule has 1 fully saturated rings. The zero-order valence-electron chi connectivity index (χ0n) is 20.0. The molecule has 7 heteroatoms. The number of hydrogen-bond acceptors (Lipinski definition) is 6. The van der Waals surface area contributed by atoms with Crippen LogP contribution in [0.3, 0.4) is 0 Å². The highest BCUT2D eigenvalue weighted by molar-refractivity contribution is 5.61. The maximum atomic E-state index is 14.5. The maximum Gasteiger partial charge on any atom is 0.161 e. The van der Waals surface area contributed by atoms with E-state index in [1.54, 1.807) is 6.07 Å². The van der Waals surface area contributed by atoms with Gasteiger partial charge in [0, 0.05) is 62.6 Å². The Kier molecular flexibility index (Phi) is 8.21. The molecule has 1 aromatic heterocycles. The van der Waals surface area contributed by atoms with E-state index in [9.17, 15) is 9.50 Å². The molecule has 2 heterocycles. The van der Waals surface area contributed by atoms with Gasteiger partial charge in [0.2, 0.25) is 0 Å². The Morgan fingerprint density at radius 2 is 1.71 bits per heavy atom. The number of β-amino-alcohol motifs (C(OH)–C–C–N with tert-alkyl or cyclic N) is 1. The van der Waals surface area contributed by atoms with Gasteiger partial charge in [0.05, 0.1) is 12.7 Å². The Bertz CT molecular complexity index is 1070. The minimum Gasteiger partial charge on any atom is -0.389 e.